The summed E-state index contributed by atoms with van der Waals surface area (Å²) in [5, 5.41) is 3.60. The molecule has 5 heteroatoms. The van der Waals surface area contributed by atoms with E-state index >= 15 is 0 Å². The van der Waals surface area contributed by atoms with Gasteiger partial charge in [-0.3, -0.25) is 4.79 Å². The van der Waals surface area contributed by atoms with Crippen molar-refractivity contribution in [2.45, 2.75) is 32.3 Å². The largest absolute Gasteiger partial charge is 0.481 e. The first-order chi connectivity index (χ1) is 11.6. The van der Waals surface area contributed by atoms with Crippen LogP contribution in [0.4, 0.5) is 4.39 Å². The van der Waals surface area contributed by atoms with Gasteiger partial charge in [0.2, 0.25) is 0 Å². The zero-order valence-corrected chi connectivity index (χ0v) is 14.4. The summed E-state index contributed by atoms with van der Waals surface area (Å²) >= 11 is 5.85. The number of aryl methyl sites for hydroxylation is 1. The standard InChI is InChI=1S/C19H21ClFNO2/c1-2-18(24-17-11-9-16(21)10-12-17)19(23)22-13-3-4-14-5-7-15(20)8-6-14/h5-12,18H,2-4,13H2,1H3,(H,22,23)/t18-/m0/s1. The third kappa shape index (κ3) is 5.85. The Bertz CT molecular complexity index is 643. The molecular formula is C19H21ClFNO2. The van der Waals surface area contributed by atoms with Crippen LogP contribution in [0.1, 0.15) is 25.3 Å². The van der Waals surface area contributed by atoms with Gasteiger partial charge in [0.1, 0.15) is 11.6 Å². The monoisotopic (exact) mass is 349 g/mol. The van der Waals surface area contributed by atoms with Gasteiger partial charge in [-0.1, -0.05) is 30.7 Å². The third-order valence-corrected chi connectivity index (χ3v) is 3.86. The van der Waals surface area contributed by atoms with E-state index in [0.717, 1.165) is 17.9 Å². The van der Waals surface area contributed by atoms with Gasteiger partial charge < -0.3 is 10.1 Å². The topological polar surface area (TPSA) is 38.3 Å². The van der Waals surface area contributed by atoms with Crippen LogP contribution in [-0.4, -0.2) is 18.6 Å². The number of hydrogen-bond donors (Lipinski definition) is 1. The normalized spacial score (nSPS) is 11.8. The van der Waals surface area contributed by atoms with E-state index in [2.05, 4.69) is 5.32 Å². The molecule has 0 saturated carbocycles. The first-order valence-electron chi connectivity index (χ1n) is 8.03. The second-order valence-corrected chi connectivity index (χ2v) is 5.93. The van der Waals surface area contributed by atoms with Crippen molar-refractivity contribution >= 4 is 17.5 Å². The molecule has 0 saturated heterocycles. The molecule has 2 rings (SSSR count). The molecule has 1 atom stereocenters. The van der Waals surface area contributed by atoms with Crippen LogP contribution in [0.5, 0.6) is 5.75 Å². The summed E-state index contributed by atoms with van der Waals surface area (Å²) in [5.74, 6) is -0.000421. The smallest absolute Gasteiger partial charge is 0.261 e. The van der Waals surface area contributed by atoms with E-state index in [4.69, 9.17) is 16.3 Å². The van der Waals surface area contributed by atoms with E-state index in [0.29, 0.717) is 18.7 Å². The molecule has 0 radical (unpaired) electrons. The molecule has 1 amide bonds. The summed E-state index contributed by atoms with van der Waals surface area (Å²) in [7, 11) is 0. The van der Waals surface area contributed by atoms with Crippen molar-refractivity contribution in [1.29, 1.82) is 0 Å². The minimum atomic E-state index is -0.578. The lowest BCUT2D eigenvalue weighted by Crippen LogP contribution is -2.38. The molecule has 0 aliphatic heterocycles. The van der Waals surface area contributed by atoms with Gasteiger partial charge in [-0.15, -0.1) is 0 Å². The van der Waals surface area contributed by atoms with Crippen molar-refractivity contribution in [3.8, 4) is 5.75 Å². The molecule has 0 fully saturated rings. The zero-order chi connectivity index (χ0) is 17.4. The van der Waals surface area contributed by atoms with E-state index in [1.54, 1.807) is 0 Å². The molecule has 0 spiro atoms. The maximum absolute atomic E-state index is 12.9. The number of ether oxygens (including phenoxy) is 1. The lowest BCUT2D eigenvalue weighted by atomic mass is 10.1. The number of benzene rings is 2. The maximum Gasteiger partial charge on any atom is 0.261 e. The highest BCUT2D eigenvalue weighted by Gasteiger charge is 2.17. The molecule has 0 unspecified atom stereocenters. The molecular weight excluding hydrogens is 329 g/mol. The summed E-state index contributed by atoms with van der Waals surface area (Å²) in [6.45, 7) is 2.45. The summed E-state index contributed by atoms with van der Waals surface area (Å²) < 4.78 is 18.5. The fourth-order valence-corrected chi connectivity index (χ4v) is 2.39. The molecule has 128 valence electrons. The minimum absolute atomic E-state index is 0.155. The molecule has 0 bridgehead atoms. The number of amides is 1. The van der Waals surface area contributed by atoms with Crippen molar-refractivity contribution in [2.75, 3.05) is 6.54 Å². The van der Waals surface area contributed by atoms with Gasteiger partial charge in [-0.25, -0.2) is 4.39 Å². The van der Waals surface area contributed by atoms with Gasteiger partial charge in [-0.05, 0) is 61.2 Å². The average molecular weight is 350 g/mol. The fraction of sp³-hybridized carbons (Fsp3) is 0.316. The molecule has 0 aromatic heterocycles. The molecule has 0 heterocycles. The van der Waals surface area contributed by atoms with Crippen LogP contribution in [0, 0.1) is 5.82 Å². The van der Waals surface area contributed by atoms with E-state index in [9.17, 15) is 9.18 Å². The predicted octanol–water partition coefficient (Wildman–Crippen LogP) is 4.39. The maximum atomic E-state index is 12.9. The highest BCUT2D eigenvalue weighted by molar-refractivity contribution is 6.30. The third-order valence-electron chi connectivity index (χ3n) is 3.61. The predicted molar refractivity (Wildman–Crippen MR) is 93.9 cm³/mol. The molecule has 2 aromatic rings. The van der Waals surface area contributed by atoms with E-state index in [1.807, 2.05) is 31.2 Å². The van der Waals surface area contributed by atoms with Gasteiger partial charge in [0.25, 0.3) is 5.91 Å². The minimum Gasteiger partial charge on any atom is -0.481 e. The Morgan fingerprint density at radius 3 is 2.46 bits per heavy atom. The van der Waals surface area contributed by atoms with E-state index in [-0.39, 0.29) is 11.7 Å². The molecule has 3 nitrogen and oxygen atoms in total. The van der Waals surface area contributed by atoms with E-state index < -0.39 is 6.10 Å². The van der Waals surface area contributed by atoms with Crippen molar-refractivity contribution in [3.05, 3.63) is 64.9 Å². The fourth-order valence-electron chi connectivity index (χ4n) is 2.27. The Balaban J connectivity index is 1.75. The summed E-state index contributed by atoms with van der Waals surface area (Å²) in [4.78, 5) is 12.2. The van der Waals surface area contributed by atoms with Crippen LogP contribution in [0.3, 0.4) is 0 Å². The van der Waals surface area contributed by atoms with Crippen molar-refractivity contribution in [2.24, 2.45) is 0 Å². The number of nitrogens with one attached hydrogen (secondary N) is 1. The molecule has 2 aromatic carbocycles. The zero-order valence-electron chi connectivity index (χ0n) is 13.6. The molecule has 0 aliphatic carbocycles. The van der Waals surface area contributed by atoms with Crippen molar-refractivity contribution in [1.82, 2.24) is 5.32 Å². The van der Waals surface area contributed by atoms with Gasteiger partial charge >= 0.3 is 0 Å². The SMILES string of the molecule is CC[C@H](Oc1ccc(F)cc1)C(=O)NCCCc1ccc(Cl)cc1. The summed E-state index contributed by atoms with van der Waals surface area (Å²) in [5.41, 5.74) is 1.18. The van der Waals surface area contributed by atoms with Crippen LogP contribution < -0.4 is 10.1 Å². The number of rotatable bonds is 8. The van der Waals surface area contributed by atoms with Crippen LogP contribution in [0.25, 0.3) is 0 Å². The summed E-state index contributed by atoms with van der Waals surface area (Å²) in [6, 6.07) is 13.3. The van der Waals surface area contributed by atoms with Gasteiger partial charge in [0.15, 0.2) is 6.10 Å². The first kappa shape index (κ1) is 18.3. The number of carbonyl (C=O) groups is 1. The second-order valence-electron chi connectivity index (χ2n) is 5.49. The Morgan fingerprint density at radius 2 is 1.83 bits per heavy atom. The van der Waals surface area contributed by atoms with Gasteiger partial charge in [0, 0.05) is 11.6 Å². The van der Waals surface area contributed by atoms with Crippen molar-refractivity contribution < 1.29 is 13.9 Å². The second kappa shape index (κ2) is 9.28. The summed E-state index contributed by atoms with van der Waals surface area (Å²) in [6.07, 6.45) is 1.67. The molecule has 24 heavy (non-hydrogen) atoms. The lowest BCUT2D eigenvalue weighted by Gasteiger charge is -2.17. The number of carbonyl (C=O) groups excluding carboxylic acids is 1. The average Bonchev–Trinajstić information content (AvgIpc) is 2.59. The van der Waals surface area contributed by atoms with E-state index in [1.165, 1.54) is 29.8 Å². The van der Waals surface area contributed by atoms with Crippen LogP contribution in [-0.2, 0) is 11.2 Å². The Hall–Kier alpha value is -2.07. The number of hydrogen-bond acceptors (Lipinski definition) is 2. The molecule has 1 N–H and O–H groups in total. The Kier molecular flexibility index (Phi) is 7.07. The quantitative estimate of drug-likeness (QED) is 0.718. The lowest BCUT2D eigenvalue weighted by molar-refractivity contribution is -0.128. The van der Waals surface area contributed by atoms with Gasteiger partial charge in [-0.2, -0.15) is 0 Å². The molecule has 0 aliphatic rings. The first-order valence-corrected chi connectivity index (χ1v) is 8.40. The van der Waals surface area contributed by atoms with Crippen LogP contribution in [0.15, 0.2) is 48.5 Å². The van der Waals surface area contributed by atoms with Crippen LogP contribution in [0.2, 0.25) is 5.02 Å². The Labute approximate surface area is 146 Å². The van der Waals surface area contributed by atoms with Crippen molar-refractivity contribution in [3.63, 3.8) is 0 Å². The van der Waals surface area contributed by atoms with Gasteiger partial charge in [0.05, 0.1) is 0 Å². The number of halogens is 2. The van der Waals surface area contributed by atoms with Crippen LogP contribution >= 0.6 is 11.6 Å². The highest BCUT2D eigenvalue weighted by Crippen LogP contribution is 2.14. The Morgan fingerprint density at radius 1 is 1.17 bits per heavy atom. The highest BCUT2D eigenvalue weighted by atomic mass is 35.5.